The SMILES string of the molecule is COc1ccc(C(OC[C@@]2(CCN=[N+]=[N-])O[C@@H](n3ccc(=O)[nH]c3=O)[C@H](OC)[C@@H]2O)(c2ccccc2)c2ccc(OC)cc2)cc1. The van der Waals surface area contributed by atoms with Crippen molar-refractivity contribution in [2.45, 2.75) is 36.1 Å². The van der Waals surface area contributed by atoms with E-state index >= 15 is 0 Å². The van der Waals surface area contributed by atoms with Crippen LogP contribution in [-0.2, 0) is 19.8 Å². The molecule has 1 fully saturated rings. The minimum Gasteiger partial charge on any atom is -0.497 e. The minimum absolute atomic E-state index is 0.0167. The number of nitrogens with zero attached hydrogens (tertiary/aromatic N) is 4. The maximum atomic E-state index is 12.8. The predicted molar refractivity (Wildman–Crippen MR) is 168 cm³/mol. The molecule has 1 aliphatic heterocycles. The largest absolute Gasteiger partial charge is 0.497 e. The van der Waals surface area contributed by atoms with Crippen LogP contribution in [0.25, 0.3) is 10.4 Å². The molecule has 4 atom stereocenters. The monoisotopic (exact) mass is 629 g/mol. The molecule has 0 bridgehead atoms. The highest BCUT2D eigenvalue weighted by Gasteiger charge is 2.57. The highest BCUT2D eigenvalue weighted by molar-refractivity contribution is 5.49. The van der Waals surface area contributed by atoms with Gasteiger partial charge in [-0.05, 0) is 52.9 Å². The molecule has 1 saturated heterocycles. The van der Waals surface area contributed by atoms with Crippen LogP contribution in [-0.4, -0.2) is 66.9 Å². The standard InChI is InChI=1S/C33H35N5O8/c1-42-25-13-9-23(10-14-25)33(22-7-5-4-6-8-22,24-11-15-26(43-2)16-12-24)45-21-32(18-19-35-37-34)29(40)28(44-3)30(46-32)38-20-17-27(39)36-31(38)41/h4-17,20,28-30,40H,18-19,21H2,1-3H3,(H,36,39,41)/t28-,29+,30-,32-/m1/s1. The highest BCUT2D eigenvalue weighted by Crippen LogP contribution is 2.46. The van der Waals surface area contributed by atoms with Crippen molar-refractivity contribution in [3.63, 3.8) is 0 Å². The first-order valence-corrected chi connectivity index (χ1v) is 14.5. The molecule has 0 radical (unpaired) electrons. The fraction of sp³-hybridized carbons (Fsp3) is 0.333. The van der Waals surface area contributed by atoms with Gasteiger partial charge in [0.2, 0.25) is 0 Å². The summed E-state index contributed by atoms with van der Waals surface area (Å²) in [6.45, 7) is -0.291. The Bertz CT molecular complexity index is 1720. The molecule has 1 aliphatic rings. The molecule has 5 rings (SSSR count). The number of azide groups is 1. The second-order valence-electron chi connectivity index (χ2n) is 10.7. The van der Waals surface area contributed by atoms with Gasteiger partial charge in [-0.2, -0.15) is 0 Å². The first-order valence-electron chi connectivity index (χ1n) is 14.5. The molecular weight excluding hydrogens is 594 g/mol. The topological polar surface area (TPSA) is 170 Å². The predicted octanol–water partition coefficient (Wildman–Crippen LogP) is 3.91. The lowest BCUT2D eigenvalue weighted by Crippen LogP contribution is -2.50. The summed E-state index contributed by atoms with van der Waals surface area (Å²) in [6.07, 6.45) is -2.25. The molecule has 13 nitrogen and oxygen atoms in total. The van der Waals surface area contributed by atoms with Crippen LogP contribution < -0.4 is 20.7 Å². The summed E-state index contributed by atoms with van der Waals surface area (Å²) >= 11 is 0. The van der Waals surface area contributed by atoms with Crippen LogP contribution in [0.3, 0.4) is 0 Å². The van der Waals surface area contributed by atoms with E-state index in [-0.39, 0.29) is 19.6 Å². The zero-order chi connectivity index (χ0) is 32.7. The third-order valence-corrected chi connectivity index (χ3v) is 8.29. The summed E-state index contributed by atoms with van der Waals surface area (Å²) < 4.78 is 31.2. The van der Waals surface area contributed by atoms with Crippen molar-refractivity contribution in [3.8, 4) is 11.5 Å². The van der Waals surface area contributed by atoms with Gasteiger partial charge in [-0.15, -0.1) is 0 Å². The molecule has 2 heterocycles. The van der Waals surface area contributed by atoms with Gasteiger partial charge in [0.1, 0.15) is 34.9 Å². The van der Waals surface area contributed by atoms with Crippen molar-refractivity contribution in [1.82, 2.24) is 9.55 Å². The van der Waals surface area contributed by atoms with Crippen molar-refractivity contribution < 1.29 is 28.8 Å². The lowest BCUT2D eigenvalue weighted by atomic mass is 9.79. The van der Waals surface area contributed by atoms with E-state index in [1.807, 2.05) is 78.9 Å². The van der Waals surface area contributed by atoms with Gasteiger partial charge in [0.05, 0.1) is 20.8 Å². The summed E-state index contributed by atoms with van der Waals surface area (Å²) in [7, 11) is 4.55. The number of rotatable bonds is 13. The van der Waals surface area contributed by atoms with Crippen LogP contribution >= 0.6 is 0 Å². The third-order valence-electron chi connectivity index (χ3n) is 8.29. The minimum atomic E-state index is -1.53. The first kappa shape index (κ1) is 32.5. The molecule has 2 N–H and O–H groups in total. The van der Waals surface area contributed by atoms with Crippen molar-refractivity contribution in [2.75, 3.05) is 34.5 Å². The number of H-pyrrole nitrogens is 1. The van der Waals surface area contributed by atoms with E-state index in [1.165, 1.54) is 19.4 Å². The summed E-state index contributed by atoms with van der Waals surface area (Å²) in [4.78, 5) is 29.7. The van der Waals surface area contributed by atoms with Crippen LogP contribution in [0.15, 0.2) is 106 Å². The van der Waals surface area contributed by atoms with E-state index in [0.717, 1.165) is 21.3 Å². The van der Waals surface area contributed by atoms with Crippen molar-refractivity contribution >= 4 is 0 Å². The summed E-state index contributed by atoms with van der Waals surface area (Å²) in [5, 5.41) is 15.5. The van der Waals surface area contributed by atoms with E-state index in [0.29, 0.717) is 11.5 Å². The molecule has 240 valence electrons. The summed E-state index contributed by atoms with van der Waals surface area (Å²) in [6, 6.07) is 25.7. The van der Waals surface area contributed by atoms with Gasteiger partial charge in [0, 0.05) is 30.8 Å². The average molecular weight is 630 g/mol. The van der Waals surface area contributed by atoms with Crippen LogP contribution in [0.2, 0.25) is 0 Å². The van der Waals surface area contributed by atoms with E-state index in [2.05, 4.69) is 15.0 Å². The Kier molecular flexibility index (Phi) is 9.90. The van der Waals surface area contributed by atoms with Gasteiger partial charge in [-0.1, -0.05) is 59.7 Å². The molecule has 4 aromatic rings. The van der Waals surface area contributed by atoms with Crippen molar-refractivity contribution in [3.05, 3.63) is 139 Å². The van der Waals surface area contributed by atoms with Gasteiger partial charge >= 0.3 is 5.69 Å². The number of hydrogen-bond acceptors (Lipinski definition) is 9. The molecule has 0 unspecified atom stereocenters. The summed E-state index contributed by atoms with van der Waals surface area (Å²) in [5.41, 5.74) is 7.23. The number of nitrogens with one attached hydrogen (secondary N) is 1. The lowest BCUT2D eigenvalue weighted by molar-refractivity contribution is -0.163. The Labute approximate surface area is 264 Å². The molecule has 0 aliphatic carbocycles. The molecule has 0 spiro atoms. The van der Waals surface area contributed by atoms with E-state index in [4.69, 9.17) is 29.2 Å². The second-order valence-corrected chi connectivity index (χ2v) is 10.7. The number of aliphatic hydroxyl groups is 1. The normalized spacial score (nSPS) is 21.0. The lowest BCUT2D eigenvalue weighted by Gasteiger charge is -2.40. The molecule has 3 aromatic carbocycles. The number of benzene rings is 3. The fourth-order valence-electron chi connectivity index (χ4n) is 5.91. The molecule has 0 amide bonds. The highest BCUT2D eigenvalue weighted by atomic mass is 16.6. The molecule has 13 heteroatoms. The number of ether oxygens (including phenoxy) is 5. The second kappa shape index (κ2) is 14.0. The third kappa shape index (κ3) is 6.14. The number of aromatic nitrogens is 2. The number of aromatic amines is 1. The maximum absolute atomic E-state index is 12.8. The van der Waals surface area contributed by atoms with E-state index in [1.54, 1.807) is 14.2 Å². The molecular formula is C33H35N5O8. The Morgan fingerprint density at radius 1 is 0.935 bits per heavy atom. The summed E-state index contributed by atoms with van der Waals surface area (Å²) in [5.74, 6) is 1.30. The quantitative estimate of drug-likeness (QED) is 0.0971. The first-order chi connectivity index (χ1) is 22.3. The number of hydrogen-bond donors (Lipinski definition) is 2. The smallest absolute Gasteiger partial charge is 0.330 e. The Morgan fingerprint density at radius 3 is 2.04 bits per heavy atom. The van der Waals surface area contributed by atoms with Crippen LogP contribution in [0.1, 0.15) is 29.3 Å². The van der Waals surface area contributed by atoms with Crippen molar-refractivity contribution in [2.24, 2.45) is 5.11 Å². The zero-order valence-electron chi connectivity index (χ0n) is 25.6. The fourth-order valence-corrected chi connectivity index (χ4v) is 5.91. The van der Waals surface area contributed by atoms with E-state index < -0.39 is 40.9 Å². The Morgan fingerprint density at radius 2 is 1.52 bits per heavy atom. The van der Waals surface area contributed by atoms with Crippen LogP contribution in [0.5, 0.6) is 11.5 Å². The van der Waals surface area contributed by atoms with E-state index in [9.17, 15) is 14.7 Å². The average Bonchev–Trinajstić information content (AvgIpc) is 3.36. The van der Waals surface area contributed by atoms with Gasteiger partial charge in [0.25, 0.3) is 5.56 Å². The van der Waals surface area contributed by atoms with Gasteiger partial charge < -0.3 is 28.8 Å². The molecule has 1 aromatic heterocycles. The van der Waals surface area contributed by atoms with Crippen LogP contribution in [0, 0.1) is 0 Å². The van der Waals surface area contributed by atoms with Gasteiger partial charge in [-0.3, -0.25) is 14.3 Å². The van der Waals surface area contributed by atoms with Crippen molar-refractivity contribution in [1.29, 1.82) is 0 Å². The van der Waals surface area contributed by atoms with Gasteiger partial charge in [0.15, 0.2) is 6.23 Å². The van der Waals surface area contributed by atoms with Crippen LogP contribution in [0.4, 0.5) is 0 Å². The zero-order valence-corrected chi connectivity index (χ0v) is 25.6. The Balaban J connectivity index is 1.67. The number of aliphatic hydroxyl groups excluding tert-OH is 1. The Hall–Kier alpha value is -4.91. The number of methoxy groups -OCH3 is 3. The maximum Gasteiger partial charge on any atom is 0.330 e. The molecule has 0 saturated carbocycles. The molecule has 46 heavy (non-hydrogen) atoms. The van der Waals surface area contributed by atoms with Gasteiger partial charge in [-0.25, -0.2) is 4.79 Å².